The number of benzene rings is 1. The van der Waals surface area contributed by atoms with Crippen molar-refractivity contribution >= 4 is 23.2 Å². The van der Waals surface area contributed by atoms with Crippen LogP contribution in [0.4, 0.5) is 8.78 Å². The van der Waals surface area contributed by atoms with Crippen molar-refractivity contribution in [1.29, 1.82) is 0 Å². The average molecular weight is 197 g/mol. The van der Waals surface area contributed by atoms with Crippen LogP contribution < -0.4 is 0 Å². The summed E-state index contributed by atoms with van der Waals surface area (Å²) in [7, 11) is 0. The van der Waals surface area contributed by atoms with Gasteiger partial charge in [-0.05, 0) is 12.1 Å². The summed E-state index contributed by atoms with van der Waals surface area (Å²) in [4.78, 5) is 0. The van der Waals surface area contributed by atoms with Crippen LogP contribution >= 0.6 is 23.2 Å². The highest BCUT2D eigenvalue weighted by molar-refractivity contribution is 6.30. The third kappa shape index (κ3) is 1.82. The monoisotopic (exact) mass is 196 g/mol. The van der Waals surface area contributed by atoms with E-state index >= 15 is 0 Å². The lowest BCUT2D eigenvalue weighted by atomic mass is 10.2. The van der Waals surface area contributed by atoms with Gasteiger partial charge in [0.25, 0.3) is 0 Å². The third-order valence-electron chi connectivity index (χ3n) is 1.21. The Balaban J connectivity index is 3.24. The molecule has 60 valence electrons. The summed E-state index contributed by atoms with van der Waals surface area (Å²) in [5.74, 6) is -1.97. The van der Waals surface area contributed by atoms with Crippen molar-refractivity contribution in [2.45, 2.75) is 5.88 Å². The summed E-state index contributed by atoms with van der Waals surface area (Å²) in [5.41, 5.74) is 0.0802. The minimum Gasteiger partial charge on any atom is -0.204 e. The van der Waals surface area contributed by atoms with Gasteiger partial charge in [0.05, 0.1) is 5.88 Å². The molecule has 0 aliphatic heterocycles. The predicted molar refractivity (Wildman–Crippen MR) is 40.9 cm³/mol. The highest BCUT2D eigenvalue weighted by Gasteiger charge is 2.08. The van der Waals surface area contributed by atoms with E-state index in [1.165, 1.54) is 6.07 Å². The second-order valence-corrected chi connectivity index (χ2v) is 2.70. The fourth-order valence-corrected chi connectivity index (χ4v) is 1.13. The summed E-state index contributed by atoms with van der Waals surface area (Å²) in [6, 6.07) is 2.21. The van der Waals surface area contributed by atoms with Crippen LogP contribution in [0.15, 0.2) is 12.1 Å². The van der Waals surface area contributed by atoms with Crippen LogP contribution in [0, 0.1) is 11.6 Å². The molecule has 0 radical (unpaired) electrons. The standard InChI is InChI=1S/C7H4Cl2F2/c8-3-4-1-5(9)2-6(10)7(4)11/h1-2H,3H2. The van der Waals surface area contributed by atoms with Crippen LogP contribution in [0.3, 0.4) is 0 Å². The molecule has 0 bridgehead atoms. The predicted octanol–water partition coefficient (Wildman–Crippen LogP) is 3.36. The molecule has 0 aromatic heterocycles. The van der Waals surface area contributed by atoms with Gasteiger partial charge in [-0.3, -0.25) is 0 Å². The number of halogens is 4. The maximum atomic E-state index is 12.7. The Morgan fingerprint density at radius 2 is 1.91 bits per heavy atom. The number of hydrogen-bond acceptors (Lipinski definition) is 0. The molecule has 0 aliphatic carbocycles. The third-order valence-corrected chi connectivity index (χ3v) is 1.72. The van der Waals surface area contributed by atoms with Crippen molar-refractivity contribution in [2.75, 3.05) is 0 Å². The molecule has 0 nitrogen and oxygen atoms in total. The Bertz CT molecular complexity index is 273. The van der Waals surface area contributed by atoms with Gasteiger partial charge in [-0.1, -0.05) is 11.6 Å². The van der Waals surface area contributed by atoms with Crippen molar-refractivity contribution in [2.24, 2.45) is 0 Å². The Kier molecular flexibility index (Phi) is 2.68. The maximum absolute atomic E-state index is 12.7. The molecule has 1 aromatic carbocycles. The number of hydrogen-bond donors (Lipinski definition) is 0. The highest BCUT2D eigenvalue weighted by atomic mass is 35.5. The van der Waals surface area contributed by atoms with Gasteiger partial charge in [0.15, 0.2) is 11.6 Å². The van der Waals surface area contributed by atoms with Crippen LogP contribution in [0.25, 0.3) is 0 Å². The van der Waals surface area contributed by atoms with Crippen molar-refractivity contribution in [3.05, 3.63) is 34.4 Å². The van der Waals surface area contributed by atoms with E-state index in [9.17, 15) is 8.78 Å². The van der Waals surface area contributed by atoms with Crippen LogP contribution in [0.2, 0.25) is 5.02 Å². The molecule has 0 amide bonds. The minimum absolute atomic E-state index is 0.0800. The lowest BCUT2D eigenvalue weighted by Gasteiger charge is -1.99. The molecule has 0 N–H and O–H groups in total. The number of rotatable bonds is 1. The fourth-order valence-electron chi connectivity index (χ4n) is 0.707. The molecule has 4 heteroatoms. The second kappa shape index (κ2) is 3.37. The minimum atomic E-state index is -0.965. The van der Waals surface area contributed by atoms with E-state index in [-0.39, 0.29) is 16.5 Å². The summed E-state index contributed by atoms with van der Waals surface area (Å²) in [5, 5.41) is 0.152. The number of alkyl halides is 1. The normalized spacial score (nSPS) is 10.2. The fraction of sp³-hybridized carbons (Fsp3) is 0.143. The van der Waals surface area contributed by atoms with Gasteiger partial charge in [-0.15, -0.1) is 11.6 Å². The van der Waals surface area contributed by atoms with Crippen LogP contribution in [0.5, 0.6) is 0 Å². The van der Waals surface area contributed by atoms with E-state index < -0.39 is 11.6 Å². The van der Waals surface area contributed by atoms with Gasteiger partial charge in [0, 0.05) is 10.6 Å². The SMILES string of the molecule is Fc1cc(Cl)cc(CCl)c1F. The van der Waals surface area contributed by atoms with Crippen LogP contribution in [-0.2, 0) is 5.88 Å². The maximum Gasteiger partial charge on any atom is 0.163 e. The molecule has 1 rings (SSSR count). The van der Waals surface area contributed by atoms with E-state index in [1.807, 2.05) is 0 Å². The Labute approximate surface area is 72.7 Å². The van der Waals surface area contributed by atoms with Gasteiger partial charge >= 0.3 is 0 Å². The summed E-state index contributed by atoms with van der Waals surface area (Å²) in [6.07, 6.45) is 0. The van der Waals surface area contributed by atoms with Gasteiger partial charge < -0.3 is 0 Å². The molecule has 11 heavy (non-hydrogen) atoms. The second-order valence-electron chi connectivity index (χ2n) is 1.99. The molecule has 0 saturated carbocycles. The zero-order chi connectivity index (χ0) is 8.43. The topological polar surface area (TPSA) is 0 Å². The zero-order valence-corrected chi connectivity index (χ0v) is 6.89. The molecule has 0 spiro atoms. The van der Waals surface area contributed by atoms with Gasteiger partial charge in [-0.25, -0.2) is 8.78 Å². The van der Waals surface area contributed by atoms with Crippen LogP contribution in [0.1, 0.15) is 5.56 Å². The Morgan fingerprint density at radius 1 is 1.27 bits per heavy atom. The first-order valence-corrected chi connectivity index (χ1v) is 3.75. The Hall–Kier alpha value is -0.340. The lowest BCUT2D eigenvalue weighted by molar-refractivity contribution is 0.502. The van der Waals surface area contributed by atoms with Gasteiger partial charge in [0.2, 0.25) is 0 Å². The first-order valence-electron chi connectivity index (χ1n) is 2.84. The summed E-state index contributed by atoms with van der Waals surface area (Å²) >= 11 is 10.7. The summed E-state index contributed by atoms with van der Waals surface area (Å²) < 4.78 is 25.2. The quantitative estimate of drug-likeness (QED) is 0.478. The Morgan fingerprint density at radius 3 is 2.45 bits per heavy atom. The van der Waals surface area contributed by atoms with E-state index in [2.05, 4.69) is 0 Å². The molecular formula is C7H4Cl2F2. The molecule has 0 atom stereocenters. The molecular weight excluding hydrogens is 193 g/mol. The van der Waals surface area contributed by atoms with E-state index in [4.69, 9.17) is 23.2 Å². The largest absolute Gasteiger partial charge is 0.204 e. The van der Waals surface area contributed by atoms with Gasteiger partial charge in [-0.2, -0.15) is 0 Å². The lowest BCUT2D eigenvalue weighted by Crippen LogP contribution is -1.90. The van der Waals surface area contributed by atoms with E-state index in [0.29, 0.717) is 0 Å². The molecule has 0 fully saturated rings. The smallest absolute Gasteiger partial charge is 0.163 e. The molecule has 0 aliphatic rings. The van der Waals surface area contributed by atoms with Crippen molar-refractivity contribution in [3.8, 4) is 0 Å². The van der Waals surface area contributed by atoms with Crippen molar-refractivity contribution < 1.29 is 8.78 Å². The molecule has 0 saturated heterocycles. The zero-order valence-electron chi connectivity index (χ0n) is 5.37. The highest BCUT2D eigenvalue weighted by Crippen LogP contribution is 2.19. The molecule has 0 heterocycles. The molecule has 1 aromatic rings. The van der Waals surface area contributed by atoms with E-state index in [1.54, 1.807) is 0 Å². The van der Waals surface area contributed by atoms with Crippen LogP contribution in [-0.4, -0.2) is 0 Å². The van der Waals surface area contributed by atoms with E-state index in [0.717, 1.165) is 6.07 Å². The van der Waals surface area contributed by atoms with Crippen molar-refractivity contribution in [3.63, 3.8) is 0 Å². The van der Waals surface area contributed by atoms with Gasteiger partial charge in [0.1, 0.15) is 0 Å². The first kappa shape index (κ1) is 8.75. The molecule has 0 unspecified atom stereocenters. The first-order chi connectivity index (χ1) is 5.15. The van der Waals surface area contributed by atoms with Crippen molar-refractivity contribution in [1.82, 2.24) is 0 Å². The summed E-state index contributed by atoms with van der Waals surface area (Å²) in [6.45, 7) is 0. The average Bonchev–Trinajstić information content (AvgIpc) is 1.96.